The van der Waals surface area contributed by atoms with E-state index in [1.54, 1.807) is 16.9 Å². The van der Waals surface area contributed by atoms with Crippen molar-refractivity contribution in [2.75, 3.05) is 13.2 Å². The molecule has 8 heteroatoms. The normalized spacial score (nSPS) is 13.5. The number of ether oxygens (including phenoxy) is 1. The molecular weight excluding hydrogens is 342 g/mol. The summed E-state index contributed by atoms with van der Waals surface area (Å²) in [5.74, 6) is 0.482. The van der Waals surface area contributed by atoms with E-state index in [9.17, 15) is 4.79 Å². The molecule has 1 aliphatic rings. The fourth-order valence-corrected chi connectivity index (χ4v) is 3.16. The van der Waals surface area contributed by atoms with Crippen molar-refractivity contribution < 1.29 is 9.53 Å². The molecule has 0 bridgehead atoms. The number of carbonyl (C=O) groups is 1. The molecule has 0 aliphatic carbocycles. The molecule has 4 rings (SSSR count). The summed E-state index contributed by atoms with van der Waals surface area (Å²) in [5, 5.41) is 13.2. The van der Waals surface area contributed by atoms with Gasteiger partial charge in [0.25, 0.3) is 5.91 Å². The highest BCUT2D eigenvalue weighted by molar-refractivity contribution is 6.35. The zero-order chi connectivity index (χ0) is 17.2. The quantitative estimate of drug-likeness (QED) is 0.710. The first-order valence-electron chi connectivity index (χ1n) is 8.31. The Balaban J connectivity index is 1.32. The highest BCUT2D eigenvalue weighted by Crippen LogP contribution is 2.22. The molecule has 0 fully saturated rings. The zero-order valence-corrected chi connectivity index (χ0v) is 14.4. The number of hydrogen-bond donors (Lipinski definition) is 1. The van der Waals surface area contributed by atoms with Gasteiger partial charge in [0.2, 0.25) is 5.88 Å². The maximum atomic E-state index is 12.2. The summed E-state index contributed by atoms with van der Waals surface area (Å²) in [6, 6.07) is 7.44. The SMILES string of the molecule is O=C(NCCCn1ncc2c(Cl)cccc21)c1cc2n(n1)CCCO2. The molecule has 3 aromatic rings. The highest BCUT2D eigenvalue weighted by Gasteiger charge is 2.17. The van der Waals surface area contributed by atoms with Gasteiger partial charge in [-0.25, -0.2) is 4.68 Å². The summed E-state index contributed by atoms with van der Waals surface area (Å²) in [6.07, 6.45) is 3.45. The van der Waals surface area contributed by atoms with Gasteiger partial charge in [-0.2, -0.15) is 10.2 Å². The van der Waals surface area contributed by atoms with Gasteiger partial charge in [-0.1, -0.05) is 17.7 Å². The fraction of sp³-hybridized carbons (Fsp3) is 0.353. The van der Waals surface area contributed by atoms with E-state index in [0.29, 0.717) is 36.3 Å². The van der Waals surface area contributed by atoms with Crippen LogP contribution in [-0.2, 0) is 13.1 Å². The van der Waals surface area contributed by atoms with Crippen molar-refractivity contribution in [3.8, 4) is 5.88 Å². The average molecular weight is 360 g/mol. The zero-order valence-electron chi connectivity index (χ0n) is 13.6. The van der Waals surface area contributed by atoms with Crippen LogP contribution in [0.2, 0.25) is 5.02 Å². The van der Waals surface area contributed by atoms with Crippen molar-refractivity contribution in [3.63, 3.8) is 0 Å². The summed E-state index contributed by atoms with van der Waals surface area (Å²) in [5.41, 5.74) is 1.39. The minimum Gasteiger partial charge on any atom is -0.478 e. The van der Waals surface area contributed by atoms with Gasteiger partial charge < -0.3 is 10.1 Å². The van der Waals surface area contributed by atoms with Crippen LogP contribution in [0.15, 0.2) is 30.5 Å². The van der Waals surface area contributed by atoms with Crippen molar-refractivity contribution in [2.45, 2.75) is 25.9 Å². The maximum absolute atomic E-state index is 12.2. The number of amides is 1. The van der Waals surface area contributed by atoms with Crippen LogP contribution in [0.3, 0.4) is 0 Å². The first-order chi connectivity index (χ1) is 12.2. The van der Waals surface area contributed by atoms with Crippen molar-refractivity contribution in [3.05, 3.63) is 41.2 Å². The van der Waals surface area contributed by atoms with Crippen LogP contribution >= 0.6 is 11.6 Å². The molecular formula is C17H18ClN5O2. The molecule has 1 amide bonds. The summed E-state index contributed by atoms with van der Waals surface area (Å²) >= 11 is 6.15. The van der Waals surface area contributed by atoms with Gasteiger partial charge in [0.05, 0.1) is 23.3 Å². The number of halogens is 1. The van der Waals surface area contributed by atoms with Crippen LogP contribution < -0.4 is 10.1 Å². The lowest BCUT2D eigenvalue weighted by Crippen LogP contribution is -2.26. The lowest BCUT2D eigenvalue weighted by atomic mass is 10.2. The van der Waals surface area contributed by atoms with E-state index < -0.39 is 0 Å². The summed E-state index contributed by atoms with van der Waals surface area (Å²) in [7, 11) is 0. The Hall–Kier alpha value is -2.54. The first kappa shape index (κ1) is 16.0. The molecule has 130 valence electrons. The highest BCUT2D eigenvalue weighted by atomic mass is 35.5. The largest absolute Gasteiger partial charge is 0.478 e. The second-order valence-corrected chi connectivity index (χ2v) is 6.35. The molecule has 2 aromatic heterocycles. The van der Waals surface area contributed by atoms with Gasteiger partial charge in [-0.15, -0.1) is 0 Å². The van der Waals surface area contributed by atoms with Gasteiger partial charge in [-0.05, 0) is 18.6 Å². The van der Waals surface area contributed by atoms with E-state index in [4.69, 9.17) is 16.3 Å². The van der Waals surface area contributed by atoms with Gasteiger partial charge in [-0.3, -0.25) is 9.48 Å². The number of carbonyl (C=O) groups excluding carboxylic acids is 1. The van der Waals surface area contributed by atoms with E-state index in [1.807, 2.05) is 22.9 Å². The number of rotatable bonds is 5. The van der Waals surface area contributed by atoms with Gasteiger partial charge in [0, 0.05) is 37.5 Å². The second kappa shape index (κ2) is 6.76. The van der Waals surface area contributed by atoms with Crippen LogP contribution in [0.5, 0.6) is 5.88 Å². The van der Waals surface area contributed by atoms with Crippen LogP contribution in [0.4, 0.5) is 0 Å². The standard InChI is InChI=1S/C17H18ClN5O2/c18-13-4-1-5-15-12(13)11-20-22(15)7-2-6-19-17(24)14-10-16-23(21-14)8-3-9-25-16/h1,4-5,10-11H,2-3,6-9H2,(H,19,24). The van der Waals surface area contributed by atoms with Gasteiger partial charge >= 0.3 is 0 Å². The minimum atomic E-state index is -0.182. The molecule has 0 spiro atoms. The lowest BCUT2D eigenvalue weighted by Gasteiger charge is -2.13. The molecule has 3 heterocycles. The van der Waals surface area contributed by atoms with Crippen molar-refractivity contribution >= 4 is 28.4 Å². The van der Waals surface area contributed by atoms with Gasteiger partial charge in [0.1, 0.15) is 0 Å². The number of aromatic nitrogens is 4. The van der Waals surface area contributed by atoms with Crippen LogP contribution in [0.1, 0.15) is 23.3 Å². The summed E-state index contributed by atoms with van der Waals surface area (Å²) in [6.45, 7) is 2.71. The third-order valence-corrected chi connectivity index (χ3v) is 4.54. The summed E-state index contributed by atoms with van der Waals surface area (Å²) in [4.78, 5) is 12.2. The predicted molar refractivity (Wildman–Crippen MR) is 94.0 cm³/mol. The molecule has 1 N–H and O–H groups in total. The van der Waals surface area contributed by atoms with Crippen LogP contribution in [0, 0.1) is 0 Å². The van der Waals surface area contributed by atoms with Crippen LogP contribution in [0.25, 0.3) is 10.9 Å². The first-order valence-corrected chi connectivity index (χ1v) is 8.69. The molecule has 1 aliphatic heterocycles. The molecule has 0 saturated heterocycles. The number of benzene rings is 1. The molecule has 0 unspecified atom stereocenters. The van der Waals surface area contributed by atoms with Gasteiger partial charge in [0.15, 0.2) is 5.69 Å². The maximum Gasteiger partial charge on any atom is 0.271 e. The van der Waals surface area contributed by atoms with E-state index in [0.717, 1.165) is 30.3 Å². The fourth-order valence-electron chi connectivity index (χ4n) is 2.95. The number of nitrogens with zero attached hydrogens (tertiary/aromatic N) is 4. The Morgan fingerprint density at radius 1 is 1.40 bits per heavy atom. The van der Waals surface area contributed by atoms with E-state index in [1.165, 1.54) is 0 Å². The molecule has 7 nitrogen and oxygen atoms in total. The van der Waals surface area contributed by atoms with Crippen LogP contribution in [-0.4, -0.2) is 38.6 Å². The summed E-state index contributed by atoms with van der Waals surface area (Å²) < 4.78 is 9.11. The predicted octanol–water partition coefficient (Wildman–Crippen LogP) is 2.49. The molecule has 1 aromatic carbocycles. The lowest BCUT2D eigenvalue weighted by molar-refractivity contribution is 0.0946. The second-order valence-electron chi connectivity index (χ2n) is 5.94. The minimum absolute atomic E-state index is 0.182. The van der Waals surface area contributed by atoms with E-state index in [2.05, 4.69) is 15.5 Å². The van der Waals surface area contributed by atoms with Crippen molar-refractivity contribution in [2.24, 2.45) is 0 Å². The monoisotopic (exact) mass is 359 g/mol. The smallest absolute Gasteiger partial charge is 0.271 e. The molecule has 0 atom stereocenters. The number of fused-ring (bicyclic) bond motifs is 2. The Labute approximate surface area is 149 Å². The average Bonchev–Trinajstić information content (AvgIpc) is 3.23. The van der Waals surface area contributed by atoms with Crippen molar-refractivity contribution in [1.29, 1.82) is 0 Å². The Kier molecular flexibility index (Phi) is 4.31. The van der Waals surface area contributed by atoms with E-state index in [-0.39, 0.29) is 5.91 Å². The Bertz CT molecular complexity index is 894. The third-order valence-electron chi connectivity index (χ3n) is 4.21. The van der Waals surface area contributed by atoms with Crippen molar-refractivity contribution in [1.82, 2.24) is 24.9 Å². The number of hydrogen-bond acceptors (Lipinski definition) is 4. The Morgan fingerprint density at radius 2 is 2.32 bits per heavy atom. The molecule has 25 heavy (non-hydrogen) atoms. The number of aryl methyl sites for hydroxylation is 2. The number of nitrogens with one attached hydrogen (secondary N) is 1. The Morgan fingerprint density at radius 3 is 3.20 bits per heavy atom. The third kappa shape index (κ3) is 3.19. The van der Waals surface area contributed by atoms with E-state index >= 15 is 0 Å². The topological polar surface area (TPSA) is 74.0 Å². The molecule has 0 saturated carbocycles. The molecule has 0 radical (unpaired) electrons.